The van der Waals surface area contributed by atoms with Crippen LogP contribution in [0.15, 0.2) is 30.3 Å². The zero-order valence-electron chi connectivity index (χ0n) is 14.0. The van der Waals surface area contributed by atoms with Gasteiger partial charge < -0.3 is 9.64 Å². The number of likely N-dealkylation sites (N-methyl/N-ethyl adjacent to an activating group) is 1. The summed E-state index contributed by atoms with van der Waals surface area (Å²) in [6.07, 6.45) is 2.98. The Hall–Kier alpha value is -2.14. The zero-order chi connectivity index (χ0) is 16.4. The van der Waals surface area contributed by atoms with Crippen LogP contribution in [0, 0.1) is 0 Å². The fourth-order valence-electron chi connectivity index (χ4n) is 3.11. The average Bonchev–Trinajstić information content (AvgIpc) is 3.16. The van der Waals surface area contributed by atoms with Crippen LogP contribution in [0.25, 0.3) is 5.69 Å². The number of rotatable bonds is 5. The number of aromatic nitrogens is 2. The van der Waals surface area contributed by atoms with Gasteiger partial charge in [0, 0.05) is 25.4 Å². The van der Waals surface area contributed by atoms with Crippen LogP contribution in [-0.4, -0.2) is 47.4 Å². The third-order valence-electron chi connectivity index (χ3n) is 4.52. The molecule has 122 valence electrons. The molecule has 1 heterocycles. The van der Waals surface area contributed by atoms with E-state index >= 15 is 0 Å². The maximum Gasteiger partial charge on any atom is 0.274 e. The van der Waals surface area contributed by atoms with Gasteiger partial charge in [-0.15, -0.1) is 0 Å². The first-order chi connectivity index (χ1) is 11.1. The number of benzene rings is 1. The molecule has 0 spiro atoms. The number of ether oxygens (including phenoxy) is 1. The molecule has 5 nitrogen and oxygen atoms in total. The molecule has 1 aromatic heterocycles. The minimum Gasteiger partial charge on any atom is -0.383 e. The van der Waals surface area contributed by atoms with Crippen molar-refractivity contribution in [2.75, 3.05) is 20.8 Å². The maximum atomic E-state index is 12.9. The van der Waals surface area contributed by atoms with E-state index in [9.17, 15) is 4.79 Å². The van der Waals surface area contributed by atoms with Crippen molar-refractivity contribution in [3.8, 4) is 5.69 Å². The van der Waals surface area contributed by atoms with Gasteiger partial charge in [0.1, 0.15) is 0 Å². The molecule has 2 aromatic rings. The molecule has 0 saturated heterocycles. The normalized spacial score (nSPS) is 14.6. The molecule has 0 radical (unpaired) electrons. The molecule has 0 bridgehead atoms. The van der Waals surface area contributed by atoms with Gasteiger partial charge in [0.05, 0.1) is 18.3 Å². The summed E-state index contributed by atoms with van der Waals surface area (Å²) >= 11 is 0. The highest BCUT2D eigenvalue weighted by atomic mass is 16.5. The number of fused-ring (bicyclic) bond motifs is 1. The molecule has 1 aliphatic rings. The lowest BCUT2D eigenvalue weighted by Gasteiger charge is -2.23. The second kappa shape index (κ2) is 6.54. The van der Waals surface area contributed by atoms with Crippen LogP contribution in [0.4, 0.5) is 0 Å². The molecule has 0 saturated carbocycles. The Bertz CT molecular complexity index is 694. The Labute approximate surface area is 136 Å². The van der Waals surface area contributed by atoms with Gasteiger partial charge in [0.2, 0.25) is 0 Å². The SMILES string of the molecule is COC[C@@H](C)N(C)C(=O)c1nn(-c2ccccc2)c2c1CCC2. The summed E-state index contributed by atoms with van der Waals surface area (Å²) in [6, 6.07) is 10.0. The van der Waals surface area contributed by atoms with Crippen LogP contribution in [0.5, 0.6) is 0 Å². The number of methoxy groups -OCH3 is 1. The molecule has 1 aromatic carbocycles. The van der Waals surface area contributed by atoms with Crippen LogP contribution in [0.3, 0.4) is 0 Å². The van der Waals surface area contributed by atoms with Crippen molar-refractivity contribution in [3.05, 3.63) is 47.3 Å². The molecule has 1 aliphatic carbocycles. The minimum atomic E-state index is -0.0256. The summed E-state index contributed by atoms with van der Waals surface area (Å²) in [6.45, 7) is 2.50. The van der Waals surface area contributed by atoms with E-state index in [2.05, 4.69) is 5.10 Å². The van der Waals surface area contributed by atoms with Gasteiger partial charge >= 0.3 is 0 Å². The van der Waals surface area contributed by atoms with Crippen molar-refractivity contribution in [2.45, 2.75) is 32.2 Å². The molecular formula is C18H23N3O2. The fourth-order valence-corrected chi connectivity index (χ4v) is 3.11. The molecule has 5 heteroatoms. The van der Waals surface area contributed by atoms with E-state index in [1.54, 1.807) is 12.0 Å². The number of carbonyl (C=O) groups is 1. The smallest absolute Gasteiger partial charge is 0.274 e. The largest absolute Gasteiger partial charge is 0.383 e. The van der Waals surface area contributed by atoms with Gasteiger partial charge in [-0.25, -0.2) is 4.68 Å². The molecule has 0 fully saturated rings. The molecule has 23 heavy (non-hydrogen) atoms. The van der Waals surface area contributed by atoms with E-state index in [1.807, 2.05) is 49.0 Å². The lowest BCUT2D eigenvalue weighted by atomic mass is 10.1. The van der Waals surface area contributed by atoms with E-state index in [1.165, 1.54) is 5.69 Å². The molecule has 0 unspecified atom stereocenters. The predicted octanol–water partition coefficient (Wildman–Crippen LogP) is 2.47. The summed E-state index contributed by atoms with van der Waals surface area (Å²) < 4.78 is 7.09. The minimum absolute atomic E-state index is 0.0198. The van der Waals surface area contributed by atoms with E-state index < -0.39 is 0 Å². The highest BCUT2D eigenvalue weighted by molar-refractivity contribution is 5.94. The van der Waals surface area contributed by atoms with Gasteiger partial charge in [0.15, 0.2) is 5.69 Å². The van der Waals surface area contributed by atoms with Crippen molar-refractivity contribution < 1.29 is 9.53 Å². The average molecular weight is 313 g/mol. The van der Waals surface area contributed by atoms with Crippen LogP contribution >= 0.6 is 0 Å². The fraction of sp³-hybridized carbons (Fsp3) is 0.444. The van der Waals surface area contributed by atoms with E-state index in [-0.39, 0.29) is 11.9 Å². The lowest BCUT2D eigenvalue weighted by Crippen LogP contribution is -2.38. The van der Waals surface area contributed by atoms with Crippen molar-refractivity contribution in [2.24, 2.45) is 0 Å². The summed E-state index contributed by atoms with van der Waals surface area (Å²) in [5.41, 5.74) is 3.88. The number of para-hydroxylation sites is 1. The summed E-state index contributed by atoms with van der Waals surface area (Å²) in [5.74, 6) is -0.0256. The van der Waals surface area contributed by atoms with Crippen molar-refractivity contribution >= 4 is 5.91 Å². The standard InChI is InChI=1S/C18H23N3O2/c1-13(12-23-3)20(2)18(22)17-15-10-7-11-16(15)21(19-17)14-8-5-4-6-9-14/h4-6,8-9,13H,7,10-12H2,1-3H3/t13-/m1/s1. The summed E-state index contributed by atoms with van der Waals surface area (Å²) in [7, 11) is 3.46. The third kappa shape index (κ3) is 2.88. The molecule has 0 aliphatic heterocycles. The number of carbonyl (C=O) groups excluding carboxylic acids is 1. The van der Waals surface area contributed by atoms with Crippen LogP contribution in [-0.2, 0) is 17.6 Å². The van der Waals surface area contributed by atoms with Crippen LogP contribution in [0.2, 0.25) is 0 Å². The van der Waals surface area contributed by atoms with E-state index in [4.69, 9.17) is 4.74 Å². The number of nitrogens with zero attached hydrogens (tertiary/aromatic N) is 3. The molecule has 1 atom stereocenters. The first kappa shape index (κ1) is 15.7. The first-order valence-electron chi connectivity index (χ1n) is 8.05. The molecule has 1 amide bonds. The summed E-state index contributed by atoms with van der Waals surface area (Å²) in [5, 5.41) is 4.65. The number of hydrogen-bond donors (Lipinski definition) is 0. The van der Waals surface area contributed by atoms with Crippen molar-refractivity contribution in [1.82, 2.24) is 14.7 Å². The Kier molecular flexibility index (Phi) is 4.48. The summed E-state index contributed by atoms with van der Waals surface area (Å²) in [4.78, 5) is 14.6. The quantitative estimate of drug-likeness (QED) is 0.852. The second-order valence-electron chi connectivity index (χ2n) is 6.10. The van der Waals surface area contributed by atoms with Crippen molar-refractivity contribution in [3.63, 3.8) is 0 Å². The maximum absolute atomic E-state index is 12.9. The zero-order valence-corrected chi connectivity index (χ0v) is 14.0. The lowest BCUT2D eigenvalue weighted by molar-refractivity contribution is 0.0626. The van der Waals surface area contributed by atoms with Gasteiger partial charge in [-0.2, -0.15) is 5.10 Å². The van der Waals surface area contributed by atoms with E-state index in [0.717, 1.165) is 30.5 Å². The molecule has 0 N–H and O–H groups in total. The van der Waals surface area contributed by atoms with Gasteiger partial charge in [-0.05, 0) is 38.3 Å². The van der Waals surface area contributed by atoms with Gasteiger partial charge in [-0.3, -0.25) is 4.79 Å². The Morgan fingerprint density at radius 1 is 1.35 bits per heavy atom. The number of hydrogen-bond acceptors (Lipinski definition) is 3. The number of amides is 1. The van der Waals surface area contributed by atoms with Gasteiger partial charge in [0.25, 0.3) is 5.91 Å². The van der Waals surface area contributed by atoms with Crippen LogP contribution in [0.1, 0.15) is 35.1 Å². The molecular weight excluding hydrogens is 290 g/mol. The highest BCUT2D eigenvalue weighted by Gasteiger charge is 2.29. The second-order valence-corrected chi connectivity index (χ2v) is 6.10. The van der Waals surface area contributed by atoms with Crippen molar-refractivity contribution in [1.29, 1.82) is 0 Å². The Balaban J connectivity index is 1.97. The molecule has 3 rings (SSSR count). The third-order valence-corrected chi connectivity index (χ3v) is 4.52. The Morgan fingerprint density at radius 2 is 2.09 bits per heavy atom. The van der Waals surface area contributed by atoms with Crippen LogP contribution < -0.4 is 0 Å². The highest BCUT2D eigenvalue weighted by Crippen LogP contribution is 2.28. The first-order valence-corrected chi connectivity index (χ1v) is 8.05. The van der Waals surface area contributed by atoms with E-state index in [0.29, 0.717) is 12.3 Å². The Morgan fingerprint density at radius 3 is 2.78 bits per heavy atom. The monoisotopic (exact) mass is 313 g/mol. The predicted molar refractivity (Wildman–Crippen MR) is 89.0 cm³/mol. The topological polar surface area (TPSA) is 47.4 Å². The van der Waals surface area contributed by atoms with Gasteiger partial charge in [-0.1, -0.05) is 18.2 Å².